The van der Waals surface area contributed by atoms with Gasteiger partial charge in [-0.15, -0.1) is 0 Å². The van der Waals surface area contributed by atoms with Gasteiger partial charge in [0.1, 0.15) is 23.9 Å². The van der Waals surface area contributed by atoms with Gasteiger partial charge >= 0.3 is 5.63 Å². The number of hydrogen-bond acceptors (Lipinski definition) is 4. The van der Waals surface area contributed by atoms with Gasteiger partial charge in [0.05, 0.1) is 5.56 Å². The zero-order valence-corrected chi connectivity index (χ0v) is 13.9. The van der Waals surface area contributed by atoms with Crippen molar-refractivity contribution in [2.45, 2.75) is 19.9 Å². The van der Waals surface area contributed by atoms with E-state index in [0.717, 1.165) is 40.8 Å². The molecule has 25 heavy (non-hydrogen) atoms. The number of benzene rings is 2. The van der Waals surface area contributed by atoms with E-state index in [-0.39, 0.29) is 11.4 Å². The molecule has 0 aliphatic carbocycles. The monoisotopic (exact) mass is 339 g/mol. The van der Waals surface area contributed by atoms with Crippen molar-refractivity contribution in [2.24, 2.45) is 0 Å². The van der Waals surface area contributed by atoms with Gasteiger partial charge in [-0.1, -0.05) is 12.1 Å². The molecule has 0 saturated carbocycles. The summed E-state index contributed by atoms with van der Waals surface area (Å²) in [5, 5.41) is 0.933. The molecule has 0 saturated heterocycles. The molecule has 0 fully saturated rings. The highest BCUT2D eigenvalue weighted by molar-refractivity contribution is 5.85. The Balaban J connectivity index is 1.58. The Hall–Kier alpha value is -2.66. The highest BCUT2D eigenvalue weighted by Crippen LogP contribution is 2.32. The van der Waals surface area contributed by atoms with Gasteiger partial charge < -0.3 is 9.15 Å². The quantitative estimate of drug-likeness (QED) is 0.684. The van der Waals surface area contributed by atoms with Crippen molar-refractivity contribution >= 4 is 11.0 Å². The summed E-state index contributed by atoms with van der Waals surface area (Å²) in [7, 11) is 0. The second-order valence-electron chi connectivity index (χ2n) is 6.37. The average molecular weight is 339 g/mol. The van der Waals surface area contributed by atoms with E-state index in [2.05, 4.69) is 4.90 Å². The van der Waals surface area contributed by atoms with Crippen molar-refractivity contribution in [1.29, 1.82) is 0 Å². The average Bonchev–Trinajstić information content (AvgIpc) is 2.61. The summed E-state index contributed by atoms with van der Waals surface area (Å²) in [6.07, 6.45) is 0.798. The number of hydrogen-bond donors (Lipinski definition) is 0. The minimum atomic E-state index is -0.346. The molecule has 1 aliphatic heterocycles. The first-order valence-corrected chi connectivity index (χ1v) is 8.26. The minimum absolute atomic E-state index is 0.226. The van der Waals surface area contributed by atoms with Gasteiger partial charge in [0, 0.05) is 24.5 Å². The lowest BCUT2D eigenvalue weighted by Crippen LogP contribution is -2.33. The molecule has 0 atom stereocenters. The summed E-state index contributed by atoms with van der Waals surface area (Å²) in [5.41, 5.74) is 3.14. The van der Waals surface area contributed by atoms with Gasteiger partial charge in [0.15, 0.2) is 0 Å². The maximum absolute atomic E-state index is 13.0. The van der Waals surface area contributed by atoms with Crippen LogP contribution in [0.25, 0.3) is 11.0 Å². The summed E-state index contributed by atoms with van der Waals surface area (Å²) in [5.74, 6) is 0.537. The predicted octanol–water partition coefficient (Wildman–Crippen LogP) is 3.64. The van der Waals surface area contributed by atoms with Crippen LogP contribution in [0.15, 0.2) is 51.7 Å². The molecule has 128 valence electrons. The second-order valence-corrected chi connectivity index (χ2v) is 6.37. The minimum Gasteiger partial charge on any atom is -0.478 e. The van der Waals surface area contributed by atoms with Crippen LogP contribution in [0.1, 0.15) is 16.7 Å². The third-order valence-electron chi connectivity index (χ3n) is 4.59. The zero-order valence-electron chi connectivity index (χ0n) is 13.9. The molecular formula is C20H18FNO3. The second kappa shape index (κ2) is 6.33. The number of nitrogens with zero attached hydrogens (tertiary/aromatic N) is 1. The lowest BCUT2D eigenvalue weighted by Gasteiger charge is -2.29. The third-order valence-corrected chi connectivity index (χ3v) is 4.59. The summed E-state index contributed by atoms with van der Waals surface area (Å²) in [4.78, 5) is 13.9. The third kappa shape index (κ3) is 3.15. The molecule has 4 nitrogen and oxygen atoms in total. The molecule has 5 heteroatoms. The van der Waals surface area contributed by atoms with Crippen LogP contribution in [0.4, 0.5) is 4.39 Å². The van der Waals surface area contributed by atoms with E-state index < -0.39 is 0 Å². The number of rotatable bonds is 3. The molecule has 1 aromatic heterocycles. The van der Waals surface area contributed by atoms with Gasteiger partial charge in [0.2, 0.25) is 0 Å². The normalized spacial score (nSPS) is 14.3. The van der Waals surface area contributed by atoms with Crippen molar-refractivity contribution in [1.82, 2.24) is 4.90 Å². The summed E-state index contributed by atoms with van der Waals surface area (Å²) < 4.78 is 24.3. The molecule has 0 bridgehead atoms. The van der Waals surface area contributed by atoms with Crippen molar-refractivity contribution in [3.63, 3.8) is 0 Å². The largest absolute Gasteiger partial charge is 0.478 e. The van der Waals surface area contributed by atoms with Crippen LogP contribution in [0, 0.1) is 12.7 Å². The topological polar surface area (TPSA) is 42.7 Å². The van der Waals surface area contributed by atoms with Gasteiger partial charge in [0.25, 0.3) is 0 Å². The molecular weight excluding hydrogens is 321 g/mol. The molecule has 2 heterocycles. The van der Waals surface area contributed by atoms with Crippen molar-refractivity contribution in [2.75, 3.05) is 13.3 Å². The first-order chi connectivity index (χ1) is 12.1. The Morgan fingerprint density at radius 1 is 1.16 bits per heavy atom. The SMILES string of the molecule is Cc1cc(=O)oc2c3c(ccc12)OCN(CCc1ccc(F)cc1)C3. The van der Waals surface area contributed by atoms with Gasteiger partial charge in [-0.25, -0.2) is 9.18 Å². The number of fused-ring (bicyclic) bond motifs is 3. The standard InChI is InChI=1S/C20H18FNO3/c1-13-10-19(23)25-20-16(13)6-7-18-17(20)11-22(12-24-18)9-8-14-2-4-15(21)5-3-14/h2-7,10H,8-9,11-12H2,1H3. The highest BCUT2D eigenvalue weighted by Gasteiger charge is 2.21. The molecule has 0 N–H and O–H groups in total. The molecule has 0 unspecified atom stereocenters. The zero-order chi connectivity index (χ0) is 17.4. The summed E-state index contributed by atoms with van der Waals surface area (Å²) >= 11 is 0. The first-order valence-electron chi connectivity index (χ1n) is 8.26. The maximum Gasteiger partial charge on any atom is 0.336 e. The van der Waals surface area contributed by atoms with Crippen molar-refractivity contribution < 1.29 is 13.5 Å². The Labute approximate surface area is 144 Å². The number of halogens is 1. The fraction of sp³-hybridized carbons (Fsp3) is 0.250. The van der Waals surface area contributed by atoms with Crippen LogP contribution in [0.3, 0.4) is 0 Å². The van der Waals surface area contributed by atoms with E-state index in [1.54, 1.807) is 12.1 Å². The van der Waals surface area contributed by atoms with Gasteiger partial charge in [-0.05, 0) is 48.7 Å². The molecule has 0 spiro atoms. The molecule has 2 aromatic carbocycles. The van der Waals surface area contributed by atoms with Crippen LogP contribution < -0.4 is 10.4 Å². The molecule has 0 amide bonds. The Bertz CT molecular complexity index is 979. The Morgan fingerprint density at radius 2 is 1.96 bits per heavy atom. The summed E-state index contributed by atoms with van der Waals surface area (Å²) in [6, 6.07) is 11.9. The van der Waals surface area contributed by atoms with Crippen LogP contribution >= 0.6 is 0 Å². The summed E-state index contributed by atoms with van der Waals surface area (Å²) in [6.45, 7) is 3.81. The van der Waals surface area contributed by atoms with Crippen LogP contribution in [-0.4, -0.2) is 18.2 Å². The van der Waals surface area contributed by atoms with E-state index in [4.69, 9.17) is 9.15 Å². The molecule has 3 aromatic rings. The van der Waals surface area contributed by atoms with E-state index >= 15 is 0 Å². The van der Waals surface area contributed by atoms with Gasteiger partial charge in [-0.3, -0.25) is 4.90 Å². The van der Waals surface area contributed by atoms with Crippen LogP contribution in [0.2, 0.25) is 0 Å². The first kappa shape index (κ1) is 15.8. The van der Waals surface area contributed by atoms with E-state index in [0.29, 0.717) is 18.9 Å². The van der Waals surface area contributed by atoms with Crippen LogP contribution in [0.5, 0.6) is 5.75 Å². The fourth-order valence-electron chi connectivity index (χ4n) is 3.22. The molecule has 4 rings (SSSR count). The number of ether oxygens (including phenoxy) is 1. The fourth-order valence-corrected chi connectivity index (χ4v) is 3.22. The smallest absolute Gasteiger partial charge is 0.336 e. The lowest BCUT2D eigenvalue weighted by molar-refractivity contribution is 0.0968. The molecule has 1 aliphatic rings. The van der Waals surface area contributed by atoms with Crippen molar-refractivity contribution in [3.05, 3.63) is 75.4 Å². The maximum atomic E-state index is 13.0. The highest BCUT2D eigenvalue weighted by atomic mass is 19.1. The Morgan fingerprint density at radius 3 is 2.76 bits per heavy atom. The van der Waals surface area contributed by atoms with Gasteiger partial charge in [-0.2, -0.15) is 0 Å². The van der Waals surface area contributed by atoms with E-state index in [9.17, 15) is 9.18 Å². The van der Waals surface area contributed by atoms with E-state index in [1.165, 1.54) is 18.2 Å². The number of aryl methyl sites for hydroxylation is 1. The predicted molar refractivity (Wildman–Crippen MR) is 93.2 cm³/mol. The Kier molecular flexibility index (Phi) is 4.01. The molecule has 0 radical (unpaired) electrons. The van der Waals surface area contributed by atoms with Crippen molar-refractivity contribution in [3.8, 4) is 5.75 Å². The van der Waals surface area contributed by atoms with Crippen LogP contribution in [-0.2, 0) is 13.0 Å². The van der Waals surface area contributed by atoms with E-state index in [1.807, 2.05) is 19.1 Å². The lowest BCUT2D eigenvalue weighted by atomic mass is 10.0.